The van der Waals surface area contributed by atoms with Gasteiger partial charge in [-0.3, -0.25) is 4.68 Å². The van der Waals surface area contributed by atoms with Crippen molar-refractivity contribution in [1.82, 2.24) is 14.8 Å². The van der Waals surface area contributed by atoms with Crippen molar-refractivity contribution < 1.29 is 0 Å². The largest absolute Gasteiger partial charge is 0.252 e. The minimum Gasteiger partial charge on any atom is -0.252 e. The topological polar surface area (TPSA) is 30.7 Å². The van der Waals surface area contributed by atoms with E-state index in [1.807, 2.05) is 10.7 Å². The lowest BCUT2D eigenvalue weighted by molar-refractivity contribution is 0.614. The lowest BCUT2D eigenvalue weighted by atomic mass is 10.2. The Morgan fingerprint density at radius 3 is 2.45 bits per heavy atom. The summed E-state index contributed by atoms with van der Waals surface area (Å²) in [6, 6.07) is 18.7. The third kappa shape index (κ3) is 3.25. The van der Waals surface area contributed by atoms with Gasteiger partial charge in [0.2, 0.25) is 0 Å². The normalized spacial score (nSPS) is 10.7. The van der Waals surface area contributed by atoms with E-state index >= 15 is 0 Å². The average molecular weight is 375 g/mol. The Morgan fingerprint density at radius 2 is 1.70 bits per heavy atom. The van der Waals surface area contributed by atoms with Crippen LogP contribution in [0.15, 0.2) is 60.9 Å². The summed E-state index contributed by atoms with van der Waals surface area (Å²) in [5.41, 5.74) is 2.38. The number of aryl methyl sites for hydroxylation is 2. The van der Waals surface area contributed by atoms with Crippen LogP contribution in [0.1, 0.15) is 5.56 Å². The van der Waals surface area contributed by atoms with Crippen LogP contribution in [0.3, 0.4) is 0 Å². The summed E-state index contributed by atoms with van der Waals surface area (Å²) < 4.78 is 3.12. The van der Waals surface area contributed by atoms with Gasteiger partial charge in [-0.05, 0) is 46.7 Å². The van der Waals surface area contributed by atoms with Crippen LogP contribution >= 0.6 is 22.6 Å². The maximum atomic E-state index is 4.53. The lowest BCUT2D eigenvalue weighted by Crippen LogP contribution is -2.01. The Kier molecular flexibility index (Phi) is 4.11. The van der Waals surface area contributed by atoms with E-state index in [1.165, 1.54) is 9.13 Å². The molecule has 4 heteroatoms. The van der Waals surface area contributed by atoms with Gasteiger partial charge in [0.05, 0.1) is 0 Å². The van der Waals surface area contributed by atoms with Gasteiger partial charge in [0.1, 0.15) is 6.33 Å². The van der Waals surface area contributed by atoms with Crippen molar-refractivity contribution in [2.24, 2.45) is 0 Å². The van der Waals surface area contributed by atoms with Crippen LogP contribution in [0.25, 0.3) is 11.4 Å². The Balaban J connectivity index is 1.69. The summed E-state index contributed by atoms with van der Waals surface area (Å²) in [6.07, 6.45) is 2.77. The van der Waals surface area contributed by atoms with Crippen molar-refractivity contribution in [2.45, 2.75) is 13.0 Å². The van der Waals surface area contributed by atoms with E-state index in [0.717, 1.165) is 24.4 Å². The first-order valence-electron chi connectivity index (χ1n) is 6.50. The first-order chi connectivity index (χ1) is 9.81. The number of aromatic nitrogens is 3. The number of nitrogens with zero attached hydrogens (tertiary/aromatic N) is 3. The highest BCUT2D eigenvalue weighted by Crippen LogP contribution is 2.16. The Morgan fingerprint density at radius 1 is 0.950 bits per heavy atom. The van der Waals surface area contributed by atoms with Gasteiger partial charge >= 0.3 is 0 Å². The minimum atomic E-state index is 0.787. The SMILES string of the molecule is Ic1ccc(-c2ncn(CCc3ccccc3)n2)cc1. The molecule has 0 amide bonds. The number of hydrogen-bond acceptors (Lipinski definition) is 2. The van der Waals surface area contributed by atoms with Gasteiger partial charge in [0.15, 0.2) is 5.82 Å². The van der Waals surface area contributed by atoms with Gasteiger partial charge in [-0.15, -0.1) is 0 Å². The molecule has 1 aromatic heterocycles. The summed E-state index contributed by atoms with van der Waals surface area (Å²) in [7, 11) is 0. The quantitative estimate of drug-likeness (QED) is 0.650. The van der Waals surface area contributed by atoms with Crippen LogP contribution in [0.5, 0.6) is 0 Å². The third-order valence-electron chi connectivity index (χ3n) is 3.11. The summed E-state index contributed by atoms with van der Waals surface area (Å²) in [6.45, 7) is 0.849. The predicted octanol–water partition coefficient (Wildman–Crippen LogP) is 3.79. The maximum Gasteiger partial charge on any atom is 0.181 e. The van der Waals surface area contributed by atoms with Crippen LogP contribution in [-0.2, 0) is 13.0 Å². The molecule has 0 spiro atoms. The van der Waals surface area contributed by atoms with Gasteiger partial charge in [-0.1, -0.05) is 42.5 Å². The van der Waals surface area contributed by atoms with Gasteiger partial charge in [0.25, 0.3) is 0 Å². The van der Waals surface area contributed by atoms with Crippen molar-refractivity contribution >= 4 is 22.6 Å². The van der Waals surface area contributed by atoms with E-state index < -0.39 is 0 Å². The highest BCUT2D eigenvalue weighted by molar-refractivity contribution is 14.1. The smallest absolute Gasteiger partial charge is 0.181 e. The molecule has 3 aromatic rings. The molecule has 100 valence electrons. The third-order valence-corrected chi connectivity index (χ3v) is 3.83. The zero-order valence-corrected chi connectivity index (χ0v) is 13.1. The summed E-state index contributed by atoms with van der Waals surface area (Å²) >= 11 is 2.29. The molecule has 0 bridgehead atoms. The molecule has 0 saturated heterocycles. The summed E-state index contributed by atoms with van der Waals surface area (Å²) in [4.78, 5) is 4.38. The van der Waals surface area contributed by atoms with Crippen LogP contribution in [0.2, 0.25) is 0 Å². The molecule has 0 aliphatic rings. The molecule has 0 aliphatic carbocycles. The Labute approximate surface area is 131 Å². The monoisotopic (exact) mass is 375 g/mol. The fourth-order valence-electron chi connectivity index (χ4n) is 2.02. The highest BCUT2D eigenvalue weighted by Gasteiger charge is 2.04. The molecule has 2 aromatic carbocycles. The summed E-state index contributed by atoms with van der Waals surface area (Å²) in [5, 5.41) is 4.53. The molecule has 0 unspecified atom stereocenters. The lowest BCUT2D eigenvalue weighted by Gasteiger charge is -2.01. The molecule has 0 fully saturated rings. The molecular formula is C16H14IN3. The number of rotatable bonds is 4. The molecule has 3 rings (SSSR count). The van der Waals surface area contributed by atoms with Crippen molar-refractivity contribution in [3.63, 3.8) is 0 Å². The van der Waals surface area contributed by atoms with Gasteiger partial charge < -0.3 is 0 Å². The van der Waals surface area contributed by atoms with Crippen LogP contribution in [0.4, 0.5) is 0 Å². The molecule has 1 heterocycles. The van der Waals surface area contributed by atoms with E-state index in [-0.39, 0.29) is 0 Å². The van der Waals surface area contributed by atoms with E-state index in [2.05, 4.69) is 81.2 Å². The van der Waals surface area contributed by atoms with E-state index in [0.29, 0.717) is 0 Å². The number of hydrogen-bond donors (Lipinski definition) is 0. The minimum absolute atomic E-state index is 0.787. The summed E-state index contributed by atoms with van der Waals surface area (Å²) in [5.74, 6) is 0.787. The molecule has 20 heavy (non-hydrogen) atoms. The van der Waals surface area contributed by atoms with E-state index in [4.69, 9.17) is 0 Å². The number of benzene rings is 2. The molecule has 0 aliphatic heterocycles. The van der Waals surface area contributed by atoms with Crippen molar-refractivity contribution in [2.75, 3.05) is 0 Å². The van der Waals surface area contributed by atoms with Crippen molar-refractivity contribution in [3.8, 4) is 11.4 Å². The highest BCUT2D eigenvalue weighted by atomic mass is 127. The number of halogens is 1. The van der Waals surface area contributed by atoms with Crippen LogP contribution in [-0.4, -0.2) is 14.8 Å². The van der Waals surface area contributed by atoms with Gasteiger partial charge in [-0.2, -0.15) is 5.10 Å². The molecule has 0 N–H and O–H groups in total. The maximum absolute atomic E-state index is 4.53. The fourth-order valence-corrected chi connectivity index (χ4v) is 2.38. The second-order valence-electron chi connectivity index (χ2n) is 4.57. The van der Waals surface area contributed by atoms with E-state index in [1.54, 1.807) is 6.33 Å². The Bertz CT molecular complexity index is 674. The fraction of sp³-hybridized carbons (Fsp3) is 0.125. The van der Waals surface area contributed by atoms with Crippen molar-refractivity contribution in [1.29, 1.82) is 0 Å². The molecule has 0 saturated carbocycles. The zero-order chi connectivity index (χ0) is 13.8. The van der Waals surface area contributed by atoms with E-state index in [9.17, 15) is 0 Å². The Hall–Kier alpha value is -1.69. The first-order valence-corrected chi connectivity index (χ1v) is 7.58. The van der Waals surface area contributed by atoms with Crippen LogP contribution < -0.4 is 0 Å². The van der Waals surface area contributed by atoms with Gasteiger partial charge in [0, 0.05) is 15.7 Å². The van der Waals surface area contributed by atoms with Crippen molar-refractivity contribution in [3.05, 3.63) is 70.1 Å². The standard InChI is InChI=1S/C16H14IN3/c17-15-8-6-14(7-9-15)16-18-12-20(19-16)11-10-13-4-2-1-3-5-13/h1-9,12H,10-11H2. The molecular weight excluding hydrogens is 361 g/mol. The average Bonchev–Trinajstić information content (AvgIpc) is 2.96. The molecule has 0 atom stereocenters. The van der Waals surface area contributed by atoms with Gasteiger partial charge in [-0.25, -0.2) is 4.98 Å². The molecule has 0 radical (unpaired) electrons. The second kappa shape index (κ2) is 6.17. The predicted molar refractivity (Wildman–Crippen MR) is 88.3 cm³/mol. The second-order valence-corrected chi connectivity index (χ2v) is 5.82. The first kappa shape index (κ1) is 13.3. The molecule has 3 nitrogen and oxygen atoms in total. The zero-order valence-electron chi connectivity index (χ0n) is 10.9. The van der Waals surface area contributed by atoms with Crippen LogP contribution in [0, 0.1) is 3.57 Å².